The van der Waals surface area contributed by atoms with Crippen LogP contribution in [0.15, 0.2) is 29.4 Å². The van der Waals surface area contributed by atoms with Gasteiger partial charge in [0.1, 0.15) is 5.84 Å². The van der Waals surface area contributed by atoms with Gasteiger partial charge in [0, 0.05) is 13.0 Å². The van der Waals surface area contributed by atoms with E-state index in [-0.39, 0.29) is 0 Å². The fourth-order valence-electron chi connectivity index (χ4n) is 1.94. The van der Waals surface area contributed by atoms with Crippen molar-refractivity contribution in [2.75, 3.05) is 13.6 Å². The Morgan fingerprint density at radius 2 is 2.17 bits per heavy atom. The molecule has 0 aliphatic carbocycles. The van der Waals surface area contributed by atoms with E-state index in [0.717, 1.165) is 25.9 Å². The van der Waals surface area contributed by atoms with Crippen LogP contribution in [0.5, 0.6) is 0 Å². The zero-order chi connectivity index (χ0) is 13.4. The molecule has 1 rings (SSSR count). The summed E-state index contributed by atoms with van der Waals surface area (Å²) in [6, 6.07) is 8.57. The summed E-state index contributed by atoms with van der Waals surface area (Å²) in [6.07, 6.45) is 2.67. The van der Waals surface area contributed by atoms with Crippen molar-refractivity contribution in [3.8, 4) is 0 Å². The Morgan fingerprint density at radius 3 is 2.83 bits per heavy atom. The molecule has 100 valence electrons. The minimum atomic E-state index is 0.316. The second-order valence-corrected chi connectivity index (χ2v) is 4.78. The molecular weight excluding hydrogens is 226 g/mol. The molecule has 18 heavy (non-hydrogen) atoms. The van der Waals surface area contributed by atoms with E-state index in [2.05, 4.69) is 48.3 Å². The van der Waals surface area contributed by atoms with E-state index in [1.54, 1.807) is 0 Å². The third kappa shape index (κ3) is 5.68. The Hall–Kier alpha value is -1.55. The summed E-state index contributed by atoms with van der Waals surface area (Å²) < 4.78 is 0. The van der Waals surface area contributed by atoms with Crippen LogP contribution in [0, 0.1) is 6.92 Å². The van der Waals surface area contributed by atoms with Crippen LogP contribution in [0.2, 0.25) is 0 Å². The van der Waals surface area contributed by atoms with Gasteiger partial charge in [0.15, 0.2) is 0 Å². The largest absolute Gasteiger partial charge is 0.409 e. The van der Waals surface area contributed by atoms with Gasteiger partial charge in [-0.1, -0.05) is 35.0 Å². The predicted molar refractivity (Wildman–Crippen MR) is 74.8 cm³/mol. The van der Waals surface area contributed by atoms with E-state index in [1.165, 1.54) is 11.1 Å². The lowest BCUT2D eigenvalue weighted by atomic mass is 10.1. The highest BCUT2D eigenvalue weighted by molar-refractivity contribution is 5.79. The first-order valence-corrected chi connectivity index (χ1v) is 6.32. The van der Waals surface area contributed by atoms with Crippen molar-refractivity contribution >= 4 is 5.84 Å². The van der Waals surface area contributed by atoms with Gasteiger partial charge < -0.3 is 15.8 Å². The van der Waals surface area contributed by atoms with Gasteiger partial charge in [-0.25, -0.2) is 0 Å². The smallest absolute Gasteiger partial charge is 0.139 e. The van der Waals surface area contributed by atoms with Gasteiger partial charge >= 0.3 is 0 Å². The summed E-state index contributed by atoms with van der Waals surface area (Å²) in [5.41, 5.74) is 8.06. The number of benzene rings is 1. The Labute approximate surface area is 109 Å². The first-order chi connectivity index (χ1) is 8.61. The van der Waals surface area contributed by atoms with Gasteiger partial charge in [-0.05, 0) is 38.9 Å². The van der Waals surface area contributed by atoms with Gasteiger partial charge in [-0.2, -0.15) is 0 Å². The maximum atomic E-state index is 8.42. The molecule has 0 fully saturated rings. The molecule has 0 amide bonds. The SMILES string of the molecule is Cc1cccc(CN(C)CCCCC(N)=NO)c1. The maximum Gasteiger partial charge on any atom is 0.139 e. The molecule has 0 spiro atoms. The van der Waals surface area contributed by atoms with Crippen LogP contribution in [-0.2, 0) is 6.54 Å². The minimum absolute atomic E-state index is 0.316. The van der Waals surface area contributed by atoms with Crippen LogP contribution in [0.25, 0.3) is 0 Å². The molecule has 1 aromatic rings. The van der Waals surface area contributed by atoms with Gasteiger partial charge in [0.05, 0.1) is 0 Å². The van der Waals surface area contributed by atoms with Crippen LogP contribution < -0.4 is 5.73 Å². The van der Waals surface area contributed by atoms with E-state index >= 15 is 0 Å². The molecule has 0 aromatic heterocycles. The lowest BCUT2D eigenvalue weighted by Crippen LogP contribution is -2.20. The van der Waals surface area contributed by atoms with E-state index in [9.17, 15) is 0 Å². The zero-order valence-corrected chi connectivity index (χ0v) is 11.3. The fourth-order valence-corrected chi connectivity index (χ4v) is 1.94. The number of unbranched alkanes of at least 4 members (excludes halogenated alkanes) is 1. The molecule has 1 aromatic carbocycles. The second-order valence-electron chi connectivity index (χ2n) is 4.78. The predicted octanol–water partition coefficient (Wildman–Crippen LogP) is 2.34. The summed E-state index contributed by atoms with van der Waals surface area (Å²) in [6.45, 7) is 4.10. The van der Waals surface area contributed by atoms with E-state index in [1.807, 2.05) is 0 Å². The summed E-state index contributed by atoms with van der Waals surface area (Å²) in [7, 11) is 2.12. The molecule has 0 aliphatic heterocycles. The van der Waals surface area contributed by atoms with Crippen molar-refractivity contribution in [2.45, 2.75) is 32.7 Å². The number of aryl methyl sites for hydroxylation is 1. The van der Waals surface area contributed by atoms with Crippen LogP contribution in [-0.4, -0.2) is 29.5 Å². The Balaban J connectivity index is 2.23. The summed E-state index contributed by atoms with van der Waals surface area (Å²) in [4.78, 5) is 2.29. The molecule has 0 unspecified atom stereocenters. The molecule has 0 atom stereocenters. The highest BCUT2D eigenvalue weighted by Crippen LogP contribution is 2.07. The molecule has 0 aliphatic rings. The third-order valence-corrected chi connectivity index (χ3v) is 2.89. The number of nitrogens with zero attached hydrogens (tertiary/aromatic N) is 2. The van der Waals surface area contributed by atoms with Crippen LogP contribution >= 0.6 is 0 Å². The first-order valence-electron chi connectivity index (χ1n) is 6.32. The van der Waals surface area contributed by atoms with Crippen LogP contribution in [0.4, 0.5) is 0 Å². The lowest BCUT2D eigenvalue weighted by molar-refractivity contribution is 0.312. The molecule has 0 saturated carbocycles. The Kier molecular flexibility index (Phi) is 6.22. The van der Waals surface area contributed by atoms with Crippen molar-refractivity contribution in [3.63, 3.8) is 0 Å². The van der Waals surface area contributed by atoms with E-state index in [4.69, 9.17) is 10.9 Å². The van der Waals surface area contributed by atoms with Crippen molar-refractivity contribution in [3.05, 3.63) is 35.4 Å². The molecule has 4 heteroatoms. The lowest BCUT2D eigenvalue weighted by Gasteiger charge is -2.16. The number of oxime groups is 1. The van der Waals surface area contributed by atoms with Gasteiger partial charge in [-0.15, -0.1) is 0 Å². The minimum Gasteiger partial charge on any atom is -0.409 e. The third-order valence-electron chi connectivity index (χ3n) is 2.89. The summed E-state index contributed by atoms with van der Waals surface area (Å²) >= 11 is 0. The quantitative estimate of drug-likeness (QED) is 0.256. The number of rotatable bonds is 7. The van der Waals surface area contributed by atoms with E-state index < -0.39 is 0 Å². The maximum absolute atomic E-state index is 8.42. The second kappa shape index (κ2) is 7.71. The number of amidine groups is 1. The van der Waals surface area contributed by atoms with Crippen molar-refractivity contribution in [1.29, 1.82) is 0 Å². The molecular formula is C14H23N3O. The average molecular weight is 249 g/mol. The van der Waals surface area contributed by atoms with E-state index in [0.29, 0.717) is 12.3 Å². The summed E-state index contributed by atoms with van der Waals surface area (Å²) in [5.74, 6) is 0.316. The monoisotopic (exact) mass is 249 g/mol. The van der Waals surface area contributed by atoms with Gasteiger partial charge in [0.2, 0.25) is 0 Å². The highest BCUT2D eigenvalue weighted by Gasteiger charge is 2.01. The first kappa shape index (κ1) is 14.5. The van der Waals surface area contributed by atoms with Crippen molar-refractivity contribution in [1.82, 2.24) is 4.90 Å². The Morgan fingerprint density at radius 1 is 1.39 bits per heavy atom. The number of nitrogens with two attached hydrogens (primary N) is 1. The standard InChI is InChI=1S/C14H23N3O/c1-12-6-5-7-13(10-12)11-17(2)9-4-3-8-14(15)16-18/h5-7,10,18H,3-4,8-9,11H2,1-2H3,(H2,15,16). The number of hydrogen-bond acceptors (Lipinski definition) is 3. The Bertz CT molecular complexity index is 390. The molecule has 3 N–H and O–H groups in total. The average Bonchev–Trinajstić information content (AvgIpc) is 2.34. The number of hydrogen-bond donors (Lipinski definition) is 2. The molecule has 0 radical (unpaired) electrons. The molecule has 0 saturated heterocycles. The van der Waals surface area contributed by atoms with Crippen molar-refractivity contribution in [2.24, 2.45) is 10.9 Å². The summed E-state index contributed by atoms with van der Waals surface area (Å²) in [5, 5.41) is 11.4. The van der Waals surface area contributed by atoms with Gasteiger partial charge in [-0.3, -0.25) is 0 Å². The normalized spacial score (nSPS) is 12.1. The van der Waals surface area contributed by atoms with Crippen LogP contribution in [0.1, 0.15) is 30.4 Å². The molecule has 0 heterocycles. The highest BCUT2D eigenvalue weighted by atomic mass is 16.4. The zero-order valence-electron chi connectivity index (χ0n) is 11.3. The van der Waals surface area contributed by atoms with Crippen molar-refractivity contribution < 1.29 is 5.21 Å². The molecule has 0 bridgehead atoms. The van der Waals surface area contributed by atoms with Gasteiger partial charge in [0.25, 0.3) is 0 Å². The fraction of sp³-hybridized carbons (Fsp3) is 0.500. The topological polar surface area (TPSA) is 61.8 Å². The van der Waals surface area contributed by atoms with Crippen LogP contribution in [0.3, 0.4) is 0 Å². The molecule has 4 nitrogen and oxygen atoms in total.